The number of rotatable bonds is 9. The van der Waals surface area contributed by atoms with Crippen LogP contribution in [-0.4, -0.2) is 72.4 Å². The molecule has 12 nitrogen and oxygen atoms in total. The van der Waals surface area contributed by atoms with Gasteiger partial charge in [0.2, 0.25) is 5.91 Å². The van der Waals surface area contributed by atoms with Gasteiger partial charge >= 0.3 is 0 Å². The number of benzene rings is 3. The molecule has 2 atom stereocenters. The zero-order valence-corrected chi connectivity index (χ0v) is 25.0. The Kier molecular flexibility index (Phi) is 9.29. The van der Waals surface area contributed by atoms with Crippen molar-refractivity contribution in [3.63, 3.8) is 0 Å². The molecule has 0 saturated heterocycles. The molecule has 4 amide bonds. The SMILES string of the molecule is O=C(CN1C(=O)[C@@H](NC(=O)c2nccc3ccccc23)CN(C(=O)CO)c2cc(F)ccc21)NC1=CCOC1OCc1ccccc1. The molecule has 13 heteroatoms. The summed E-state index contributed by atoms with van der Waals surface area (Å²) in [6, 6.07) is 20.2. The van der Waals surface area contributed by atoms with Crippen molar-refractivity contribution in [3.8, 4) is 0 Å². The number of halogens is 1. The van der Waals surface area contributed by atoms with Crippen molar-refractivity contribution in [1.29, 1.82) is 0 Å². The number of aliphatic hydroxyl groups is 1. The van der Waals surface area contributed by atoms with E-state index in [9.17, 15) is 28.7 Å². The van der Waals surface area contributed by atoms with E-state index in [1.807, 2.05) is 36.4 Å². The molecule has 0 bridgehead atoms. The summed E-state index contributed by atoms with van der Waals surface area (Å²) in [5.41, 5.74) is 1.26. The summed E-state index contributed by atoms with van der Waals surface area (Å²) < 4.78 is 26.0. The molecule has 0 radical (unpaired) electrons. The lowest BCUT2D eigenvalue weighted by molar-refractivity contribution is -0.127. The van der Waals surface area contributed by atoms with Crippen LogP contribution in [0.1, 0.15) is 16.1 Å². The van der Waals surface area contributed by atoms with Gasteiger partial charge in [0.05, 0.1) is 36.8 Å². The van der Waals surface area contributed by atoms with Crippen LogP contribution in [0.3, 0.4) is 0 Å². The Hall–Kier alpha value is -5.50. The molecule has 6 rings (SSSR count). The summed E-state index contributed by atoms with van der Waals surface area (Å²) >= 11 is 0. The third kappa shape index (κ3) is 6.87. The summed E-state index contributed by atoms with van der Waals surface area (Å²) in [4.78, 5) is 60.3. The van der Waals surface area contributed by atoms with Crippen molar-refractivity contribution < 1.29 is 38.1 Å². The minimum atomic E-state index is -1.40. The number of hydrogen-bond donors (Lipinski definition) is 3. The van der Waals surface area contributed by atoms with Crippen LogP contribution < -0.4 is 20.4 Å². The number of ether oxygens (including phenoxy) is 2. The van der Waals surface area contributed by atoms with E-state index < -0.39 is 61.5 Å². The molecular weight excluding hydrogens is 609 g/mol. The third-order valence-corrected chi connectivity index (χ3v) is 7.71. The quantitative estimate of drug-likeness (QED) is 0.253. The second-order valence-corrected chi connectivity index (χ2v) is 10.8. The topological polar surface area (TPSA) is 150 Å². The summed E-state index contributed by atoms with van der Waals surface area (Å²) in [6.07, 6.45) is 2.24. The average molecular weight is 640 g/mol. The van der Waals surface area contributed by atoms with Crippen molar-refractivity contribution in [3.05, 3.63) is 114 Å². The van der Waals surface area contributed by atoms with Gasteiger partial charge in [0, 0.05) is 11.6 Å². The maximum absolute atomic E-state index is 14.5. The van der Waals surface area contributed by atoms with Crippen molar-refractivity contribution >= 4 is 45.8 Å². The maximum Gasteiger partial charge on any atom is 0.271 e. The van der Waals surface area contributed by atoms with E-state index in [2.05, 4.69) is 15.6 Å². The van der Waals surface area contributed by atoms with Gasteiger partial charge in [-0.15, -0.1) is 0 Å². The number of anilines is 2. The number of aromatic nitrogens is 1. The maximum atomic E-state index is 14.5. The fourth-order valence-electron chi connectivity index (χ4n) is 5.48. The number of fused-ring (bicyclic) bond motifs is 2. The van der Waals surface area contributed by atoms with Gasteiger partial charge in [-0.05, 0) is 41.3 Å². The zero-order chi connectivity index (χ0) is 32.9. The lowest BCUT2D eigenvalue weighted by Crippen LogP contribution is -2.54. The average Bonchev–Trinajstić information content (AvgIpc) is 3.50. The highest BCUT2D eigenvalue weighted by Crippen LogP contribution is 2.34. The first kappa shape index (κ1) is 31.5. The number of nitrogens with zero attached hydrogens (tertiary/aromatic N) is 3. The molecule has 4 aromatic rings. The number of carbonyl (C=O) groups excluding carboxylic acids is 4. The van der Waals surface area contributed by atoms with Crippen LogP contribution >= 0.6 is 0 Å². The standard InChI is InChI=1S/C34H30FN5O7/c35-23-10-11-27-28(16-23)39(30(43)19-41)17-26(38-32(44)31-24-9-5-4-8-22(24)12-14-36-31)33(45)40(27)18-29(42)37-25-13-15-46-34(25)47-20-21-6-2-1-3-7-21/h1-14,16,26,34,41H,15,17-20H2,(H,37,42)(H,38,44)/t26-,34?/m0/s1. The minimum Gasteiger partial charge on any atom is -0.387 e. The summed E-state index contributed by atoms with van der Waals surface area (Å²) in [7, 11) is 0. The molecular formula is C34H30FN5O7. The van der Waals surface area contributed by atoms with Gasteiger partial charge in [-0.1, -0.05) is 54.6 Å². The van der Waals surface area contributed by atoms with E-state index in [0.717, 1.165) is 32.9 Å². The van der Waals surface area contributed by atoms with E-state index >= 15 is 0 Å². The lowest BCUT2D eigenvalue weighted by atomic mass is 10.1. The van der Waals surface area contributed by atoms with Crippen LogP contribution in [0.15, 0.2) is 96.8 Å². The van der Waals surface area contributed by atoms with E-state index in [-0.39, 0.29) is 30.3 Å². The molecule has 1 aromatic heterocycles. The third-order valence-electron chi connectivity index (χ3n) is 7.71. The molecule has 3 aromatic carbocycles. The highest BCUT2D eigenvalue weighted by atomic mass is 19.1. The number of pyridine rings is 1. The number of amides is 4. The molecule has 0 fully saturated rings. The second kappa shape index (κ2) is 13.9. The first-order valence-electron chi connectivity index (χ1n) is 14.8. The van der Waals surface area contributed by atoms with Crippen molar-refractivity contribution in [1.82, 2.24) is 15.6 Å². The van der Waals surface area contributed by atoms with Crippen LogP contribution in [0.5, 0.6) is 0 Å². The number of nitrogens with one attached hydrogen (secondary N) is 2. The molecule has 2 aliphatic rings. The van der Waals surface area contributed by atoms with E-state index in [4.69, 9.17) is 9.47 Å². The summed E-state index contributed by atoms with van der Waals surface area (Å²) in [5.74, 6) is -3.65. The highest BCUT2D eigenvalue weighted by Gasteiger charge is 2.38. The van der Waals surface area contributed by atoms with E-state index in [0.29, 0.717) is 11.1 Å². The number of aliphatic hydroxyl groups excluding tert-OH is 1. The van der Waals surface area contributed by atoms with Crippen molar-refractivity contribution in [2.75, 3.05) is 36.1 Å². The van der Waals surface area contributed by atoms with Crippen LogP contribution in [0.2, 0.25) is 0 Å². The smallest absolute Gasteiger partial charge is 0.271 e. The van der Waals surface area contributed by atoms with Crippen LogP contribution in [0.25, 0.3) is 10.8 Å². The Balaban J connectivity index is 1.26. The second-order valence-electron chi connectivity index (χ2n) is 10.8. The molecule has 3 N–H and O–H groups in total. The number of carbonyl (C=O) groups is 4. The van der Waals surface area contributed by atoms with Gasteiger partial charge in [0.15, 0.2) is 6.29 Å². The van der Waals surface area contributed by atoms with E-state index in [1.165, 1.54) is 12.3 Å². The van der Waals surface area contributed by atoms with Crippen LogP contribution in [0.4, 0.5) is 15.8 Å². The molecule has 3 heterocycles. The first-order chi connectivity index (χ1) is 22.8. The lowest BCUT2D eigenvalue weighted by Gasteiger charge is -2.25. The van der Waals surface area contributed by atoms with Gasteiger partial charge < -0.3 is 30.1 Å². The fourth-order valence-corrected chi connectivity index (χ4v) is 5.48. The Morgan fingerprint density at radius 1 is 1.02 bits per heavy atom. The normalized spacial score (nSPS) is 17.6. The molecule has 2 aliphatic heterocycles. The van der Waals surface area contributed by atoms with Gasteiger partial charge in [0.1, 0.15) is 30.7 Å². The molecule has 0 spiro atoms. The Bertz CT molecular complexity index is 1860. The summed E-state index contributed by atoms with van der Waals surface area (Å²) in [5, 5.41) is 16.4. The van der Waals surface area contributed by atoms with Crippen molar-refractivity contribution in [2.45, 2.75) is 18.9 Å². The Morgan fingerprint density at radius 2 is 1.81 bits per heavy atom. The van der Waals surface area contributed by atoms with E-state index in [1.54, 1.807) is 30.3 Å². The van der Waals surface area contributed by atoms with Crippen molar-refractivity contribution in [2.24, 2.45) is 0 Å². The molecule has 0 saturated carbocycles. The minimum absolute atomic E-state index is 0.0296. The summed E-state index contributed by atoms with van der Waals surface area (Å²) in [6.45, 7) is -1.55. The highest BCUT2D eigenvalue weighted by molar-refractivity contribution is 6.12. The molecule has 47 heavy (non-hydrogen) atoms. The van der Waals surface area contributed by atoms with Crippen LogP contribution in [-0.2, 0) is 30.5 Å². The van der Waals surface area contributed by atoms with Gasteiger partial charge in [-0.3, -0.25) is 29.1 Å². The predicted molar refractivity (Wildman–Crippen MR) is 168 cm³/mol. The Labute approximate surface area is 268 Å². The largest absolute Gasteiger partial charge is 0.387 e. The van der Waals surface area contributed by atoms with Gasteiger partial charge in [0.25, 0.3) is 17.7 Å². The monoisotopic (exact) mass is 639 g/mol. The first-order valence-corrected chi connectivity index (χ1v) is 14.8. The number of hydrogen-bond acceptors (Lipinski definition) is 8. The molecule has 1 unspecified atom stereocenters. The van der Waals surface area contributed by atoms with Gasteiger partial charge in [-0.25, -0.2) is 4.39 Å². The van der Waals surface area contributed by atoms with Crippen LogP contribution in [0, 0.1) is 5.82 Å². The molecule has 0 aliphatic carbocycles. The fraction of sp³-hybridized carbons (Fsp3) is 0.206. The Morgan fingerprint density at radius 3 is 2.62 bits per heavy atom. The molecule has 240 valence electrons. The zero-order valence-electron chi connectivity index (χ0n) is 25.0. The predicted octanol–water partition coefficient (Wildman–Crippen LogP) is 2.42. The van der Waals surface area contributed by atoms with Gasteiger partial charge in [-0.2, -0.15) is 0 Å².